The zero-order chi connectivity index (χ0) is 14.4. The van der Waals surface area contributed by atoms with Crippen LogP contribution >= 0.6 is 0 Å². The van der Waals surface area contributed by atoms with Gasteiger partial charge in [-0.3, -0.25) is 9.69 Å². The SMILES string of the molecule is CC(C)N(CC(=O)N1CCOCC1)Cc1ccccc1. The minimum Gasteiger partial charge on any atom is -0.378 e. The molecule has 1 aromatic carbocycles. The van der Waals surface area contributed by atoms with E-state index in [0.29, 0.717) is 25.8 Å². The summed E-state index contributed by atoms with van der Waals surface area (Å²) in [5, 5.41) is 0. The molecule has 4 heteroatoms. The molecule has 0 radical (unpaired) electrons. The third kappa shape index (κ3) is 4.32. The minimum atomic E-state index is 0.206. The molecule has 110 valence electrons. The summed E-state index contributed by atoms with van der Waals surface area (Å²) in [6.07, 6.45) is 0. The van der Waals surface area contributed by atoms with E-state index in [0.717, 1.165) is 19.6 Å². The van der Waals surface area contributed by atoms with Crippen LogP contribution < -0.4 is 0 Å². The van der Waals surface area contributed by atoms with Crippen LogP contribution in [0.2, 0.25) is 0 Å². The Hall–Kier alpha value is -1.39. The molecule has 1 aliphatic heterocycles. The summed E-state index contributed by atoms with van der Waals surface area (Å²) in [6, 6.07) is 10.7. The van der Waals surface area contributed by atoms with Gasteiger partial charge in [-0.25, -0.2) is 0 Å². The zero-order valence-corrected chi connectivity index (χ0v) is 12.4. The highest BCUT2D eigenvalue weighted by molar-refractivity contribution is 5.78. The lowest BCUT2D eigenvalue weighted by molar-refractivity contribution is -0.137. The molecule has 0 aromatic heterocycles. The van der Waals surface area contributed by atoms with E-state index in [2.05, 4.69) is 30.9 Å². The highest BCUT2D eigenvalue weighted by Crippen LogP contribution is 2.09. The maximum Gasteiger partial charge on any atom is 0.236 e. The highest BCUT2D eigenvalue weighted by atomic mass is 16.5. The standard InChI is InChI=1S/C16H24N2O2/c1-14(2)18(12-15-6-4-3-5-7-15)13-16(19)17-8-10-20-11-9-17/h3-7,14H,8-13H2,1-2H3. The number of hydrogen-bond donors (Lipinski definition) is 0. The molecule has 2 rings (SSSR count). The first-order valence-electron chi connectivity index (χ1n) is 7.30. The van der Waals surface area contributed by atoms with Crippen molar-refractivity contribution in [1.29, 1.82) is 0 Å². The van der Waals surface area contributed by atoms with Gasteiger partial charge in [-0.1, -0.05) is 30.3 Å². The Kier molecular flexibility index (Phi) is 5.56. The van der Waals surface area contributed by atoms with Gasteiger partial charge in [-0.15, -0.1) is 0 Å². The number of carbonyl (C=O) groups is 1. The molecule has 0 aliphatic carbocycles. The quantitative estimate of drug-likeness (QED) is 0.821. The van der Waals surface area contributed by atoms with Crippen molar-refractivity contribution in [2.45, 2.75) is 26.4 Å². The van der Waals surface area contributed by atoms with Gasteiger partial charge in [-0.2, -0.15) is 0 Å². The van der Waals surface area contributed by atoms with Crippen LogP contribution in [0.3, 0.4) is 0 Å². The van der Waals surface area contributed by atoms with E-state index >= 15 is 0 Å². The molecule has 1 aromatic rings. The summed E-state index contributed by atoms with van der Waals surface area (Å²) in [5.74, 6) is 0.206. The number of benzene rings is 1. The van der Waals surface area contributed by atoms with Crippen molar-refractivity contribution in [3.05, 3.63) is 35.9 Å². The molecule has 0 saturated carbocycles. The van der Waals surface area contributed by atoms with Crippen molar-refractivity contribution < 1.29 is 9.53 Å². The maximum atomic E-state index is 12.3. The Morgan fingerprint density at radius 1 is 1.25 bits per heavy atom. The lowest BCUT2D eigenvalue weighted by Gasteiger charge is -2.31. The maximum absolute atomic E-state index is 12.3. The fourth-order valence-corrected chi connectivity index (χ4v) is 2.33. The Labute approximate surface area is 121 Å². The van der Waals surface area contributed by atoms with Crippen molar-refractivity contribution in [2.24, 2.45) is 0 Å². The van der Waals surface area contributed by atoms with Gasteiger partial charge in [-0.05, 0) is 19.4 Å². The summed E-state index contributed by atoms with van der Waals surface area (Å²) in [7, 11) is 0. The second kappa shape index (κ2) is 7.41. The van der Waals surface area contributed by atoms with Crippen LogP contribution in [0.1, 0.15) is 19.4 Å². The largest absolute Gasteiger partial charge is 0.378 e. The van der Waals surface area contributed by atoms with Crippen molar-refractivity contribution >= 4 is 5.91 Å². The molecule has 1 fully saturated rings. The molecule has 0 atom stereocenters. The summed E-state index contributed by atoms with van der Waals surface area (Å²) in [6.45, 7) is 8.32. The Morgan fingerprint density at radius 3 is 2.50 bits per heavy atom. The molecule has 20 heavy (non-hydrogen) atoms. The van der Waals surface area contributed by atoms with Crippen molar-refractivity contribution in [1.82, 2.24) is 9.80 Å². The molecule has 0 N–H and O–H groups in total. The van der Waals surface area contributed by atoms with E-state index in [4.69, 9.17) is 4.74 Å². The van der Waals surface area contributed by atoms with Gasteiger partial charge in [0.2, 0.25) is 5.91 Å². The van der Waals surface area contributed by atoms with Crippen LogP contribution in [0.4, 0.5) is 0 Å². The van der Waals surface area contributed by atoms with Crippen LogP contribution in [0.5, 0.6) is 0 Å². The van der Waals surface area contributed by atoms with E-state index in [1.807, 2.05) is 23.1 Å². The number of nitrogens with zero attached hydrogens (tertiary/aromatic N) is 2. The van der Waals surface area contributed by atoms with E-state index in [1.54, 1.807) is 0 Å². The summed E-state index contributed by atoms with van der Waals surface area (Å²) in [5.41, 5.74) is 1.25. The second-order valence-corrected chi connectivity index (χ2v) is 5.48. The number of hydrogen-bond acceptors (Lipinski definition) is 3. The first-order valence-corrected chi connectivity index (χ1v) is 7.30. The molecule has 0 unspecified atom stereocenters. The van der Waals surface area contributed by atoms with Crippen LogP contribution in [0.15, 0.2) is 30.3 Å². The van der Waals surface area contributed by atoms with Gasteiger partial charge in [0.05, 0.1) is 19.8 Å². The van der Waals surface area contributed by atoms with Gasteiger partial charge in [0, 0.05) is 25.7 Å². The molecule has 1 heterocycles. The predicted octanol–water partition coefficient (Wildman–Crippen LogP) is 1.76. The molecule has 0 spiro atoms. The fourth-order valence-electron chi connectivity index (χ4n) is 2.33. The number of rotatable bonds is 5. The molecular weight excluding hydrogens is 252 g/mol. The first kappa shape index (κ1) is 15.0. The van der Waals surface area contributed by atoms with E-state index in [-0.39, 0.29) is 5.91 Å². The molecule has 1 saturated heterocycles. The summed E-state index contributed by atoms with van der Waals surface area (Å²) in [4.78, 5) is 16.5. The molecule has 4 nitrogen and oxygen atoms in total. The van der Waals surface area contributed by atoms with Crippen molar-refractivity contribution in [3.8, 4) is 0 Å². The van der Waals surface area contributed by atoms with Crippen molar-refractivity contribution in [2.75, 3.05) is 32.8 Å². The normalized spacial score (nSPS) is 15.9. The number of morpholine rings is 1. The molecule has 1 aliphatic rings. The molecule has 0 bridgehead atoms. The Balaban J connectivity index is 1.93. The Morgan fingerprint density at radius 2 is 1.90 bits per heavy atom. The van der Waals surface area contributed by atoms with Crippen molar-refractivity contribution in [3.63, 3.8) is 0 Å². The zero-order valence-electron chi connectivity index (χ0n) is 12.4. The fraction of sp³-hybridized carbons (Fsp3) is 0.562. The monoisotopic (exact) mass is 276 g/mol. The minimum absolute atomic E-state index is 0.206. The highest BCUT2D eigenvalue weighted by Gasteiger charge is 2.21. The van der Waals surface area contributed by atoms with Crippen LogP contribution in [-0.4, -0.2) is 54.6 Å². The number of carbonyl (C=O) groups excluding carboxylic acids is 1. The van der Waals surface area contributed by atoms with Crippen LogP contribution in [0.25, 0.3) is 0 Å². The topological polar surface area (TPSA) is 32.8 Å². The smallest absolute Gasteiger partial charge is 0.236 e. The average molecular weight is 276 g/mol. The number of amides is 1. The third-order valence-corrected chi connectivity index (χ3v) is 3.66. The van der Waals surface area contributed by atoms with Gasteiger partial charge >= 0.3 is 0 Å². The lowest BCUT2D eigenvalue weighted by Crippen LogP contribution is -2.47. The van der Waals surface area contributed by atoms with E-state index < -0.39 is 0 Å². The first-order chi connectivity index (χ1) is 9.66. The van der Waals surface area contributed by atoms with Crippen LogP contribution in [-0.2, 0) is 16.1 Å². The van der Waals surface area contributed by atoms with Crippen LogP contribution in [0, 0.1) is 0 Å². The molecular formula is C16H24N2O2. The summed E-state index contributed by atoms with van der Waals surface area (Å²) < 4.78 is 5.29. The van der Waals surface area contributed by atoms with Gasteiger partial charge in [0.25, 0.3) is 0 Å². The van der Waals surface area contributed by atoms with Gasteiger partial charge < -0.3 is 9.64 Å². The lowest BCUT2D eigenvalue weighted by atomic mass is 10.2. The predicted molar refractivity (Wildman–Crippen MR) is 79.4 cm³/mol. The molecule has 1 amide bonds. The van der Waals surface area contributed by atoms with Gasteiger partial charge in [0.1, 0.15) is 0 Å². The van der Waals surface area contributed by atoms with Gasteiger partial charge in [0.15, 0.2) is 0 Å². The van der Waals surface area contributed by atoms with E-state index in [1.165, 1.54) is 5.56 Å². The van der Waals surface area contributed by atoms with E-state index in [9.17, 15) is 4.79 Å². The second-order valence-electron chi connectivity index (χ2n) is 5.48. The average Bonchev–Trinajstić information content (AvgIpc) is 2.48. The summed E-state index contributed by atoms with van der Waals surface area (Å²) >= 11 is 0. The number of ether oxygens (including phenoxy) is 1. The third-order valence-electron chi connectivity index (χ3n) is 3.66. The Bertz CT molecular complexity index is 414.